The topological polar surface area (TPSA) is 91.8 Å². The maximum absolute atomic E-state index is 12.8. The molecule has 0 atom stereocenters. The van der Waals surface area contributed by atoms with Gasteiger partial charge in [-0.1, -0.05) is 18.2 Å². The third kappa shape index (κ3) is 4.90. The molecule has 0 radical (unpaired) electrons. The summed E-state index contributed by atoms with van der Waals surface area (Å²) >= 11 is 0. The van der Waals surface area contributed by atoms with E-state index in [2.05, 4.69) is 10.3 Å². The van der Waals surface area contributed by atoms with Gasteiger partial charge in [-0.05, 0) is 37.6 Å². The molecule has 8 heteroatoms. The van der Waals surface area contributed by atoms with Crippen molar-refractivity contribution >= 4 is 23.6 Å². The van der Waals surface area contributed by atoms with Gasteiger partial charge < -0.3 is 19.9 Å². The number of nitrogens with one attached hydrogen (secondary N) is 1. The maximum Gasteiger partial charge on any atom is 0.409 e. The van der Waals surface area contributed by atoms with Crippen molar-refractivity contribution in [3.8, 4) is 0 Å². The number of ether oxygens (including phenoxy) is 1. The highest BCUT2D eigenvalue weighted by Gasteiger charge is 2.26. The molecule has 29 heavy (non-hydrogen) atoms. The van der Waals surface area contributed by atoms with Gasteiger partial charge in [-0.25, -0.2) is 4.79 Å². The summed E-state index contributed by atoms with van der Waals surface area (Å²) in [6.45, 7) is 5.62. The predicted octanol–water partition coefficient (Wildman–Crippen LogP) is 2.56. The number of hydrogen-bond donors (Lipinski definition) is 1. The Bertz CT molecular complexity index is 907. The van der Waals surface area contributed by atoms with Crippen LogP contribution in [-0.2, 0) is 4.74 Å². The summed E-state index contributed by atoms with van der Waals surface area (Å²) in [5.41, 5.74) is 2.20. The lowest BCUT2D eigenvalue weighted by Crippen LogP contribution is -2.50. The fourth-order valence-electron chi connectivity index (χ4n) is 3.08. The highest BCUT2D eigenvalue weighted by Crippen LogP contribution is 2.15. The number of para-hydroxylation sites is 1. The molecule has 0 unspecified atom stereocenters. The van der Waals surface area contributed by atoms with Crippen molar-refractivity contribution in [1.29, 1.82) is 0 Å². The molecule has 1 aliphatic rings. The Morgan fingerprint density at radius 2 is 1.76 bits per heavy atom. The number of aromatic nitrogens is 1. The van der Waals surface area contributed by atoms with Crippen molar-refractivity contribution in [1.82, 2.24) is 14.8 Å². The number of carbonyl (C=O) groups is 3. The van der Waals surface area contributed by atoms with Crippen molar-refractivity contribution in [3.05, 3.63) is 59.4 Å². The molecule has 1 saturated heterocycles. The van der Waals surface area contributed by atoms with Gasteiger partial charge in [-0.15, -0.1) is 0 Å². The molecule has 0 saturated carbocycles. The average molecular weight is 396 g/mol. The van der Waals surface area contributed by atoms with Gasteiger partial charge in [0.15, 0.2) is 0 Å². The van der Waals surface area contributed by atoms with Gasteiger partial charge in [0.2, 0.25) is 0 Å². The van der Waals surface area contributed by atoms with Crippen LogP contribution in [0.15, 0.2) is 42.6 Å². The third-order valence-electron chi connectivity index (χ3n) is 4.73. The van der Waals surface area contributed by atoms with Crippen molar-refractivity contribution in [3.63, 3.8) is 0 Å². The maximum atomic E-state index is 12.8. The van der Waals surface area contributed by atoms with Gasteiger partial charge in [0, 0.05) is 43.6 Å². The van der Waals surface area contributed by atoms with Crippen molar-refractivity contribution in [2.45, 2.75) is 13.8 Å². The molecule has 2 heterocycles. The monoisotopic (exact) mass is 396 g/mol. The Labute approximate surface area is 169 Å². The summed E-state index contributed by atoms with van der Waals surface area (Å²) in [6, 6.07) is 10.5. The molecule has 1 fully saturated rings. The van der Waals surface area contributed by atoms with Crippen molar-refractivity contribution in [2.24, 2.45) is 0 Å². The number of amides is 3. The van der Waals surface area contributed by atoms with E-state index in [9.17, 15) is 14.4 Å². The minimum Gasteiger partial charge on any atom is -0.450 e. The molecule has 0 aliphatic carbocycles. The smallest absolute Gasteiger partial charge is 0.409 e. The number of rotatable bonds is 4. The SMILES string of the molecule is CCOC(=O)N1CCN(C(=O)c2ccnc(C(=O)Nc3ccccc3C)c2)CC1. The van der Waals surface area contributed by atoms with E-state index in [1.807, 2.05) is 31.2 Å². The van der Waals surface area contributed by atoms with Crippen LogP contribution in [-0.4, -0.2) is 65.5 Å². The lowest BCUT2D eigenvalue weighted by Gasteiger charge is -2.34. The molecule has 1 N–H and O–H groups in total. The average Bonchev–Trinajstić information content (AvgIpc) is 2.75. The molecule has 1 aromatic carbocycles. The first kappa shape index (κ1) is 20.3. The van der Waals surface area contributed by atoms with Crippen LogP contribution in [0, 0.1) is 6.92 Å². The molecule has 0 spiro atoms. The Morgan fingerprint density at radius 3 is 2.45 bits per heavy atom. The molecule has 152 valence electrons. The number of piperazine rings is 1. The van der Waals surface area contributed by atoms with Crippen molar-refractivity contribution in [2.75, 3.05) is 38.1 Å². The zero-order chi connectivity index (χ0) is 20.8. The number of aryl methyl sites for hydroxylation is 1. The molecule has 3 rings (SSSR count). The number of anilines is 1. The fourth-order valence-corrected chi connectivity index (χ4v) is 3.08. The minimum atomic E-state index is -0.374. The van der Waals surface area contributed by atoms with Crippen molar-refractivity contribution < 1.29 is 19.1 Å². The number of pyridine rings is 1. The lowest BCUT2D eigenvalue weighted by atomic mass is 10.1. The van der Waals surface area contributed by atoms with E-state index in [-0.39, 0.29) is 23.6 Å². The van der Waals surface area contributed by atoms with Crippen LogP contribution >= 0.6 is 0 Å². The fraction of sp³-hybridized carbons (Fsp3) is 0.333. The van der Waals surface area contributed by atoms with Crippen LogP contribution in [0.2, 0.25) is 0 Å². The van der Waals surface area contributed by atoms with Gasteiger partial charge >= 0.3 is 6.09 Å². The van der Waals surface area contributed by atoms with Gasteiger partial charge in [-0.3, -0.25) is 14.6 Å². The quantitative estimate of drug-likeness (QED) is 0.858. The third-order valence-corrected chi connectivity index (χ3v) is 4.73. The molecule has 0 bridgehead atoms. The summed E-state index contributed by atoms with van der Waals surface area (Å²) < 4.78 is 4.99. The highest BCUT2D eigenvalue weighted by molar-refractivity contribution is 6.05. The second kappa shape index (κ2) is 9.18. The van der Waals surface area contributed by atoms with Crippen LogP contribution in [0.4, 0.5) is 10.5 Å². The summed E-state index contributed by atoms with van der Waals surface area (Å²) in [5.74, 6) is -0.568. The zero-order valence-corrected chi connectivity index (χ0v) is 16.6. The van der Waals surface area contributed by atoms with E-state index >= 15 is 0 Å². The zero-order valence-electron chi connectivity index (χ0n) is 16.6. The lowest BCUT2D eigenvalue weighted by molar-refractivity contribution is 0.0570. The van der Waals surface area contributed by atoms with Crippen LogP contribution in [0.25, 0.3) is 0 Å². The van der Waals surface area contributed by atoms with E-state index < -0.39 is 0 Å². The Balaban J connectivity index is 1.65. The van der Waals surface area contributed by atoms with E-state index in [4.69, 9.17) is 4.74 Å². The first-order chi connectivity index (χ1) is 14.0. The first-order valence-corrected chi connectivity index (χ1v) is 9.53. The summed E-state index contributed by atoms with van der Waals surface area (Å²) in [7, 11) is 0. The number of hydrogen-bond acceptors (Lipinski definition) is 5. The summed E-state index contributed by atoms with van der Waals surface area (Å²) in [4.78, 5) is 44.5. The normalized spacial score (nSPS) is 13.7. The molecular formula is C21H24N4O4. The summed E-state index contributed by atoms with van der Waals surface area (Å²) in [6.07, 6.45) is 1.09. The molecule has 2 aromatic rings. The number of benzene rings is 1. The highest BCUT2D eigenvalue weighted by atomic mass is 16.6. The second-order valence-electron chi connectivity index (χ2n) is 6.68. The molecule has 1 aliphatic heterocycles. The van der Waals surface area contributed by atoms with Crippen LogP contribution in [0.1, 0.15) is 33.3 Å². The number of nitrogens with zero attached hydrogens (tertiary/aromatic N) is 3. The largest absolute Gasteiger partial charge is 0.450 e. The predicted molar refractivity (Wildman–Crippen MR) is 108 cm³/mol. The van der Waals surface area contributed by atoms with Crippen LogP contribution in [0.3, 0.4) is 0 Å². The van der Waals surface area contributed by atoms with Crippen LogP contribution in [0.5, 0.6) is 0 Å². The first-order valence-electron chi connectivity index (χ1n) is 9.53. The van der Waals surface area contributed by atoms with Gasteiger partial charge in [-0.2, -0.15) is 0 Å². The van der Waals surface area contributed by atoms with Gasteiger partial charge in [0.25, 0.3) is 11.8 Å². The van der Waals surface area contributed by atoms with Gasteiger partial charge in [0.05, 0.1) is 6.61 Å². The minimum absolute atomic E-state index is 0.171. The Kier molecular flexibility index (Phi) is 6.43. The second-order valence-corrected chi connectivity index (χ2v) is 6.68. The van der Waals surface area contributed by atoms with Crippen LogP contribution < -0.4 is 5.32 Å². The van der Waals surface area contributed by atoms with E-state index in [1.54, 1.807) is 22.8 Å². The molecule has 3 amide bonds. The van der Waals surface area contributed by atoms with E-state index in [0.29, 0.717) is 44.0 Å². The van der Waals surface area contributed by atoms with E-state index in [0.717, 1.165) is 5.56 Å². The molecular weight excluding hydrogens is 372 g/mol. The van der Waals surface area contributed by atoms with E-state index in [1.165, 1.54) is 12.3 Å². The Hall–Kier alpha value is -3.42. The molecule has 1 aromatic heterocycles. The Morgan fingerprint density at radius 1 is 1.07 bits per heavy atom. The molecule has 8 nitrogen and oxygen atoms in total. The summed E-state index contributed by atoms with van der Waals surface area (Å²) in [5, 5.41) is 2.82. The van der Waals surface area contributed by atoms with Gasteiger partial charge in [0.1, 0.15) is 5.69 Å². The number of carbonyl (C=O) groups excluding carboxylic acids is 3. The standard InChI is InChI=1S/C21H24N4O4/c1-3-29-21(28)25-12-10-24(11-13-25)20(27)16-8-9-22-18(14-16)19(26)23-17-7-5-4-6-15(17)2/h4-9,14H,3,10-13H2,1-2H3,(H,23,26).